The molecule has 0 saturated carbocycles. The maximum Gasteiger partial charge on any atom is 0.255 e. The number of nitrogens with zero attached hydrogens (tertiary/aromatic N) is 4. The van der Waals surface area contributed by atoms with E-state index in [-0.39, 0.29) is 11.8 Å². The Morgan fingerprint density at radius 1 is 1.07 bits per heavy atom. The maximum atomic E-state index is 12.9. The lowest BCUT2D eigenvalue weighted by atomic mass is 10.0. The van der Waals surface area contributed by atoms with Gasteiger partial charge in [-0.25, -0.2) is 9.50 Å². The maximum absolute atomic E-state index is 12.9. The second-order valence-electron chi connectivity index (χ2n) is 7.28. The van der Waals surface area contributed by atoms with E-state index in [0.29, 0.717) is 12.1 Å². The highest BCUT2D eigenvalue weighted by Gasteiger charge is 2.22. The van der Waals surface area contributed by atoms with Crippen LogP contribution in [0.3, 0.4) is 0 Å². The number of nitrogens with one attached hydrogen (secondary N) is 1. The SMILES string of the molecule is Cc1nn2c(C(C)C)c(C(=O)NCc3ccccn3)cnc2c1-c1ccccc1. The van der Waals surface area contributed by atoms with Gasteiger partial charge in [0.1, 0.15) is 0 Å². The van der Waals surface area contributed by atoms with Crippen molar-refractivity contribution in [2.24, 2.45) is 0 Å². The minimum Gasteiger partial charge on any atom is -0.346 e. The van der Waals surface area contributed by atoms with Gasteiger partial charge in [-0.05, 0) is 30.5 Å². The van der Waals surface area contributed by atoms with Crippen molar-refractivity contribution in [1.29, 1.82) is 0 Å². The number of rotatable bonds is 5. The van der Waals surface area contributed by atoms with Crippen LogP contribution in [0.15, 0.2) is 60.9 Å². The van der Waals surface area contributed by atoms with Crippen molar-refractivity contribution in [3.05, 3.63) is 83.6 Å². The van der Waals surface area contributed by atoms with E-state index in [2.05, 4.69) is 29.1 Å². The zero-order valence-corrected chi connectivity index (χ0v) is 16.8. The third kappa shape index (κ3) is 3.61. The summed E-state index contributed by atoms with van der Waals surface area (Å²) in [5.74, 6) is -0.0813. The second kappa shape index (κ2) is 7.83. The fourth-order valence-electron chi connectivity index (χ4n) is 3.55. The fraction of sp³-hybridized carbons (Fsp3) is 0.217. The fourth-order valence-corrected chi connectivity index (χ4v) is 3.55. The highest BCUT2D eigenvalue weighted by molar-refractivity contribution is 5.95. The topological polar surface area (TPSA) is 72.2 Å². The first kappa shape index (κ1) is 18.8. The first-order valence-corrected chi connectivity index (χ1v) is 9.68. The van der Waals surface area contributed by atoms with Gasteiger partial charge >= 0.3 is 0 Å². The van der Waals surface area contributed by atoms with Crippen LogP contribution in [0.2, 0.25) is 0 Å². The predicted molar refractivity (Wildman–Crippen MR) is 113 cm³/mol. The van der Waals surface area contributed by atoms with E-state index >= 15 is 0 Å². The van der Waals surface area contributed by atoms with Gasteiger partial charge in [-0.3, -0.25) is 9.78 Å². The lowest BCUT2D eigenvalue weighted by Gasteiger charge is -2.14. The Morgan fingerprint density at radius 3 is 2.52 bits per heavy atom. The number of carbonyl (C=O) groups is 1. The van der Waals surface area contributed by atoms with Crippen molar-refractivity contribution < 1.29 is 4.79 Å². The summed E-state index contributed by atoms with van der Waals surface area (Å²) in [4.78, 5) is 21.8. The second-order valence-corrected chi connectivity index (χ2v) is 7.28. The van der Waals surface area contributed by atoms with Crippen molar-refractivity contribution in [2.45, 2.75) is 33.2 Å². The summed E-state index contributed by atoms with van der Waals surface area (Å²) < 4.78 is 1.82. The first-order valence-electron chi connectivity index (χ1n) is 9.68. The molecule has 0 aliphatic heterocycles. The number of aryl methyl sites for hydroxylation is 1. The molecule has 3 heterocycles. The van der Waals surface area contributed by atoms with E-state index in [0.717, 1.165) is 33.9 Å². The molecule has 1 amide bonds. The molecule has 1 aromatic carbocycles. The number of pyridine rings is 1. The van der Waals surface area contributed by atoms with Crippen molar-refractivity contribution in [1.82, 2.24) is 24.9 Å². The van der Waals surface area contributed by atoms with Crippen LogP contribution in [-0.2, 0) is 6.54 Å². The molecular weight excluding hydrogens is 362 g/mol. The molecule has 146 valence electrons. The Morgan fingerprint density at radius 2 is 1.83 bits per heavy atom. The number of benzene rings is 1. The normalized spacial score (nSPS) is 11.2. The van der Waals surface area contributed by atoms with E-state index < -0.39 is 0 Å². The van der Waals surface area contributed by atoms with Gasteiger partial charge in [-0.1, -0.05) is 50.2 Å². The molecule has 3 aromatic heterocycles. The molecule has 0 atom stereocenters. The third-order valence-electron chi connectivity index (χ3n) is 4.87. The molecule has 0 bridgehead atoms. The third-order valence-corrected chi connectivity index (χ3v) is 4.87. The molecule has 6 nitrogen and oxygen atoms in total. The van der Waals surface area contributed by atoms with Crippen LogP contribution in [0.1, 0.15) is 47.2 Å². The molecule has 29 heavy (non-hydrogen) atoms. The molecular formula is C23H23N5O. The van der Waals surface area contributed by atoms with E-state index in [9.17, 15) is 4.79 Å². The Labute approximate surface area is 169 Å². The zero-order chi connectivity index (χ0) is 20.4. The van der Waals surface area contributed by atoms with Crippen LogP contribution in [-0.4, -0.2) is 25.5 Å². The highest BCUT2D eigenvalue weighted by Crippen LogP contribution is 2.30. The van der Waals surface area contributed by atoms with Crippen molar-refractivity contribution in [3.63, 3.8) is 0 Å². The first-order chi connectivity index (χ1) is 14.1. The van der Waals surface area contributed by atoms with Gasteiger partial charge in [0.05, 0.1) is 29.2 Å². The Kier molecular flexibility index (Phi) is 5.08. The Balaban J connectivity index is 1.76. The average Bonchev–Trinajstić information content (AvgIpc) is 3.08. The number of amides is 1. The van der Waals surface area contributed by atoms with E-state index in [1.807, 2.05) is 60.0 Å². The molecule has 0 aliphatic carbocycles. The van der Waals surface area contributed by atoms with Crippen molar-refractivity contribution >= 4 is 11.6 Å². The summed E-state index contributed by atoms with van der Waals surface area (Å²) in [6, 6.07) is 15.7. The summed E-state index contributed by atoms with van der Waals surface area (Å²) in [6.45, 7) is 6.46. The van der Waals surface area contributed by atoms with Crippen molar-refractivity contribution in [2.75, 3.05) is 0 Å². The molecule has 0 saturated heterocycles. The lowest BCUT2D eigenvalue weighted by Crippen LogP contribution is -2.26. The Hall–Kier alpha value is -3.54. The molecule has 0 radical (unpaired) electrons. The number of fused-ring (bicyclic) bond motifs is 1. The molecule has 0 unspecified atom stereocenters. The van der Waals surface area contributed by atoms with Gasteiger partial charge < -0.3 is 5.32 Å². The molecule has 1 N–H and O–H groups in total. The molecule has 0 spiro atoms. The highest BCUT2D eigenvalue weighted by atomic mass is 16.1. The molecule has 4 rings (SSSR count). The van der Waals surface area contributed by atoms with Gasteiger partial charge in [0.25, 0.3) is 5.91 Å². The van der Waals surface area contributed by atoms with Crippen LogP contribution in [0.25, 0.3) is 16.8 Å². The molecule has 0 fully saturated rings. The molecule has 4 aromatic rings. The van der Waals surface area contributed by atoms with Crippen LogP contribution in [0, 0.1) is 6.92 Å². The number of aromatic nitrogens is 4. The van der Waals surface area contributed by atoms with Crippen LogP contribution >= 0.6 is 0 Å². The van der Waals surface area contributed by atoms with Crippen LogP contribution in [0.4, 0.5) is 0 Å². The summed E-state index contributed by atoms with van der Waals surface area (Å²) in [7, 11) is 0. The number of hydrogen-bond donors (Lipinski definition) is 1. The Bertz CT molecular complexity index is 1150. The largest absolute Gasteiger partial charge is 0.346 e. The van der Waals surface area contributed by atoms with Crippen molar-refractivity contribution in [3.8, 4) is 11.1 Å². The smallest absolute Gasteiger partial charge is 0.255 e. The molecule has 0 aliphatic rings. The molecule has 6 heteroatoms. The monoisotopic (exact) mass is 385 g/mol. The van der Waals surface area contributed by atoms with Gasteiger partial charge in [-0.2, -0.15) is 5.10 Å². The number of hydrogen-bond acceptors (Lipinski definition) is 4. The minimum absolute atomic E-state index is 0.0963. The standard InChI is InChI=1S/C23H23N5O/c1-15(2)21-19(23(29)26-13-18-11-7-8-12-24-18)14-25-22-20(16(3)27-28(21)22)17-9-5-4-6-10-17/h4-12,14-15H,13H2,1-3H3,(H,26,29). The average molecular weight is 385 g/mol. The van der Waals surface area contributed by atoms with Crippen LogP contribution in [0.5, 0.6) is 0 Å². The predicted octanol–water partition coefficient (Wildman–Crippen LogP) is 4.15. The van der Waals surface area contributed by atoms with E-state index in [4.69, 9.17) is 5.10 Å². The summed E-state index contributed by atoms with van der Waals surface area (Å²) in [5, 5.41) is 7.68. The van der Waals surface area contributed by atoms with Gasteiger partial charge in [0.15, 0.2) is 5.65 Å². The minimum atomic E-state index is -0.178. The van der Waals surface area contributed by atoms with Crippen LogP contribution < -0.4 is 5.32 Å². The zero-order valence-electron chi connectivity index (χ0n) is 16.8. The van der Waals surface area contributed by atoms with Gasteiger partial charge in [0, 0.05) is 18.0 Å². The van der Waals surface area contributed by atoms with E-state index in [1.54, 1.807) is 12.4 Å². The summed E-state index contributed by atoms with van der Waals surface area (Å²) in [5.41, 5.74) is 5.89. The van der Waals surface area contributed by atoms with Gasteiger partial charge in [-0.15, -0.1) is 0 Å². The summed E-state index contributed by atoms with van der Waals surface area (Å²) in [6.07, 6.45) is 3.37. The summed E-state index contributed by atoms with van der Waals surface area (Å²) >= 11 is 0. The van der Waals surface area contributed by atoms with Gasteiger partial charge in [0.2, 0.25) is 0 Å². The number of carbonyl (C=O) groups excluding carboxylic acids is 1. The lowest BCUT2D eigenvalue weighted by molar-refractivity contribution is 0.0948. The van der Waals surface area contributed by atoms with E-state index in [1.165, 1.54) is 0 Å². The quantitative estimate of drug-likeness (QED) is 0.560.